The van der Waals surface area contributed by atoms with Gasteiger partial charge in [0.15, 0.2) is 0 Å². The molecule has 0 spiro atoms. The third-order valence-corrected chi connectivity index (χ3v) is 4.71. The molecule has 0 atom stereocenters. The number of hydrogen-bond donors (Lipinski definition) is 0. The molecule has 146 valence electrons. The van der Waals surface area contributed by atoms with Gasteiger partial charge >= 0.3 is 5.97 Å². The van der Waals surface area contributed by atoms with Gasteiger partial charge in [0.25, 0.3) is 6.43 Å². The van der Waals surface area contributed by atoms with Gasteiger partial charge in [-0.25, -0.2) is 18.6 Å². The molecule has 0 N–H and O–H groups in total. The summed E-state index contributed by atoms with van der Waals surface area (Å²) >= 11 is 0. The minimum atomic E-state index is -2.61. The van der Waals surface area contributed by atoms with Crippen LogP contribution in [-0.4, -0.2) is 27.4 Å². The molecule has 4 aromatic rings. The van der Waals surface area contributed by atoms with Crippen LogP contribution in [0.5, 0.6) is 0 Å². The van der Waals surface area contributed by atoms with Crippen molar-refractivity contribution >= 4 is 11.6 Å². The number of pyridine rings is 2. The van der Waals surface area contributed by atoms with Crippen LogP contribution in [-0.2, 0) is 4.74 Å². The topological polar surface area (TPSA) is 56.5 Å². The van der Waals surface area contributed by atoms with Gasteiger partial charge in [0.05, 0.1) is 18.4 Å². The Hall–Kier alpha value is -3.61. The quantitative estimate of drug-likeness (QED) is 0.453. The molecule has 0 aliphatic rings. The fourth-order valence-corrected chi connectivity index (χ4v) is 3.28. The van der Waals surface area contributed by atoms with E-state index in [4.69, 9.17) is 4.74 Å². The summed E-state index contributed by atoms with van der Waals surface area (Å²) in [4.78, 5) is 20.4. The molecule has 29 heavy (non-hydrogen) atoms. The van der Waals surface area contributed by atoms with Crippen LogP contribution in [0, 0.1) is 6.92 Å². The van der Waals surface area contributed by atoms with Crippen molar-refractivity contribution in [3.8, 4) is 22.4 Å². The standard InChI is InChI=1S/C22H17F2N3O2/c1-13-15(7-8-18(25-13)21(23)24)16-5-3-4-6-17(16)19-12-27-10-9-14(22(28)29-2)11-20(27)26-19/h3-12,21H,1-2H3. The van der Waals surface area contributed by atoms with Crippen LogP contribution in [0.25, 0.3) is 28.0 Å². The number of benzene rings is 1. The van der Waals surface area contributed by atoms with E-state index in [-0.39, 0.29) is 5.69 Å². The second-order valence-electron chi connectivity index (χ2n) is 6.51. The summed E-state index contributed by atoms with van der Waals surface area (Å²) in [7, 11) is 1.33. The van der Waals surface area contributed by atoms with Gasteiger partial charge in [-0.05, 0) is 30.7 Å². The zero-order valence-corrected chi connectivity index (χ0v) is 15.8. The van der Waals surface area contributed by atoms with Crippen molar-refractivity contribution in [2.75, 3.05) is 7.11 Å². The molecule has 0 bridgehead atoms. The van der Waals surface area contributed by atoms with Crippen LogP contribution in [0.3, 0.4) is 0 Å². The lowest BCUT2D eigenvalue weighted by Gasteiger charge is -2.11. The van der Waals surface area contributed by atoms with Gasteiger partial charge < -0.3 is 9.14 Å². The number of esters is 1. The Morgan fingerprint density at radius 3 is 2.48 bits per heavy atom. The second-order valence-corrected chi connectivity index (χ2v) is 6.51. The average Bonchev–Trinajstić information content (AvgIpc) is 3.16. The molecule has 1 aromatic carbocycles. The molecule has 7 heteroatoms. The first-order chi connectivity index (χ1) is 14.0. The minimum Gasteiger partial charge on any atom is -0.465 e. The fraction of sp³-hybridized carbons (Fsp3) is 0.136. The van der Waals surface area contributed by atoms with E-state index >= 15 is 0 Å². The summed E-state index contributed by atoms with van der Waals surface area (Å²) < 4.78 is 32.5. The average molecular weight is 393 g/mol. The van der Waals surface area contributed by atoms with E-state index in [0.29, 0.717) is 22.6 Å². The second kappa shape index (κ2) is 7.43. The zero-order valence-electron chi connectivity index (χ0n) is 15.8. The molecule has 0 radical (unpaired) electrons. The van der Waals surface area contributed by atoms with Gasteiger partial charge in [0.2, 0.25) is 0 Å². The summed E-state index contributed by atoms with van der Waals surface area (Å²) in [6.45, 7) is 1.71. The third-order valence-electron chi connectivity index (χ3n) is 4.71. The molecule has 0 aliphatic heterocycles. The highest BCUT2D eigenvalue weighted by Gasteiger charge is 2.16. The van der Waals surface area contributed by atoms with Crippen molar-refractivity contribution in [3.05, 3.63) is 77.9 Å². The minimum absolute atomic E-state index is 0.244. The number of carbonyl (C=O) groups excluding carboxylic acids is 1. The SMILES string of the molecule is COC(=O)c1ccn2cc(-c3ccccc3-c3ccc(C(F)F)nc3C)nc2c1. The number of imidazole rings is 1. The normalized spacial score (nSPS) is 11.2. The van der Waals surface area contributed by atoms with Crippen LogP contribution in [0.1, 0.15) is 28.2 Å². The third kappa shape index (κ3) is 3.47. The maximum Gasteiger partial charge on any atom is 0.338 e. The lowest BCUT2D eigenvalue weighted by Crippen LogP contribution is -2.01. The number of carbonyl (C=O) groups is 1. The Bertz CT molecular complexity index is 1220. The van der Waals surface area contributed by atoms with Crippen LogP contribution < -0.4 is 0 Å². The molecule has 4 rings (SSSR count). The summed E-state index contributed by atoms with van der Waals surface area (Å²) in [5.74, 6) is -0.432. The van der Waals surface area contributed by atoms with E-state index in [2.05, 4.69) is 9.97 Å². The van der Waals surface area contributed by atoms with E-state index in [1.54, 1.807) is 31.3 Å². The summed E-state index contributed by atoms with van der Waals surface area (Å²) in [6, 6.07) is 13.9. The number of fused-ring (bicyclic) bond motifs is 1. The molecule has 3 heterocycles. The van der Waals surface area contributed by atoms with Crippen molar-refractivity contribution in [3.63, 3.8) is 0 Å². The predicted octanol–water partition coefficient (Wildman–Crippen LogP) is 5.10. The van der Waals surface area contributed by atoms with Gasteiger partial charge in [-0.1, -0.05) is 30.3 Å². The van der Waals surface area contributed by atoms with Crippen LogP contribution in [0.4, 0.5) is 8.78 Å². The van der Waals surface area contributed by atoms with E-state index in [1.807, 2.05) is 34.9 Å². The monoisotopic (exact) mass is 393 g/mol. The molecule has 3 aromatic heterocycles. The summed E-state index contributed by atoms with van der Waals surface area (Å²) in [6.07, 6.45) is 0.983. The lowest BCUT2D eigenvalue weighted by atomic mass is 9.97. The number of hydrogen-bond acceptors (Lipinski definition) is 4. The van der Waals surface area contributed by atoms with E-state index in [1.165, 1.54) is 13.2 Å². The molecular formula is C22H17F2N3O2. The highest BCUT2D eigenvalue weighted by Crippen LogP contribution is 2.34. The van der Waals surface area contributed by atoms with Crippen molar-refractivity contribution in [1.82, 2.24) is 14.4 Å². The Morgan fingerprint density at radius 1 is 1.03 bits per heavy atom. The van der Waals surface area contributed by atoms with Crippen molar-refractivity contribution in [2.45, 2.75) is 13.3 Å². The smallest absolute Gasteiger partial charge is 0.338 e. The largest absolute Gasteiger partial charge is 0.465 e. The number of halogens is 2. The predicted molar refractivity (Wildman–Crippen MR) is 105 cm³/mol. The van der Waals surface area contributed by atoms with Gasteiger partial charge in [0.1, 0.15) is 11.3 Å². The molecule has 0 amide bonds. The van der Waals surface area contributed by atoms with Crippen LogP contribution in [0.15, 0.2) is 60.9 Å². The summed E-state index contributed by atoms with van der Waals surface area (Å²) in [5.41, 5.74) is 4.42. The first-order valence-corrected chi connectivity index (χ1v) is 8.90. The van der Waals surface area contributed by atoms with Crippen LogP contribution in [0.2, 0.25) is 0 Å². The summed E-state index contributed by atoms with van der Waals surface area (Å²) in [5, 5.41) is 0. The molecule has 0 saturated heterocycles. The van der Waals surface area contributed by atoms with Gasteiger partial charge in [-0.15, -0.1) is 0 Å². The number of nitrogens with zero attached hydrogens (tertiary/aromatic N) is 3. The number of methoxy groups -OCH3 is 1. The number of aromatic nitrogens is 3. The van der Waals surface area contributed by atoms with Gasteiger partial charge in [-0.3, -0.25) is 4.98 Å². The number of ether oxygens (including phenoxy) is 1. The number of alkyl halides is 2. The van der Waals surface area contributed by atoms with Crippen molar-refractivity contribution < 1.29 is 18.3 Å². The highest BCUT2D eigenvalue weighted by molar-refractivity contribution is 5.90. The van der Waals surface area contributed by atoms with Crippen molar-refractivity contribution in [1.29, 1.82) is 0 Å². The van der Waals surface area contributed by atoms with Crippen LogP contribution >= 0.6 is 0 Å². The Kier molecular flexibility index (Phi) is 4.80. The van der Waals surface area contributed by atoms with Gasteiger partial charge in [-0.2, -0.15) is 0 Å². The molecule has 5 nitrogen and oxygen atoms in total. The van der Waals surface area contributed by atoms with E-state index in [0.717, 1.165) is 16.7 Å². The van der Waals surface area contributed by atoms with Gasteiger partial charge in [0, 0.05) is 29.2 Å². The Morgan fingerprint density at radius 2 is 1.79 bits per heavy atom. The first kappa shape index (κ1) is 18.7. The van der Waals surface area contributed by atoms with E-state index < -0.39 is 12.4 Å². The zero-order chi connectivity index (χ0) is 20.5. The Balaban J connectivity index is 1.82. The van der Waals surface area contributed by atoms with E-state index in [9.17, 15) is 13.6 Å². The maximum absolute atomic E-state index is 13.0. The highest BCUT2D eigenvalue weighted by atomic mass is 19.3. The molecule has 0 aliphatic carbocycles. The first-order valence-electron chi connectivity index (χ1n) is 8.90. The number of rotatable bonds is 4. The lowest BCUT2D eigenvalue weighted by molar-refractivity contribution is 0.0600. The Labute approximate surface area is 165 Å². The number of aryl methyl sites for hydroxylation is 1. The molecular weight excluding hydrogens is 376 g/mol. The van der Waals surface area contributed by atoms with Crippen molar-refractivity contribution in [2.24, 2.45) is 0 Å². The molecule has 0 unspecified atom stereocenters. The molecule has 0 fully saturated rings. The fourth-order valence-electron chi connectivity index (χ4n) is 3.28. The maximum atomic E-state index is 13.0. The molecule has 0 saturated carbocycles.